The van der Waals surface area contributed by atoms with Crippen LogP contribution in [0, 0.1) is 0 Å². The van der Waals surface area contributed by atoms with Gasteiger partial charge in [-0.1, -0.05) is 48.5 Å². The monoisotopic (exact) mass is 944 g/mol. The summed E-state index contributed by atoms with van der Waals surface area (Å²) in [4.78, 5) is 91.5. The maximum Gasteiger partial charge on any atom is 0.338 e. The normalized spacial score (nSPS) is 11.0. The predicted molar refractivity (Wildman–Crippen MR) is 259 cm³/mol. The molecule has 0 aliphatic rings. The Bertz CT molecular complexity index is 3310. The summed E-state index contributed by atoms with van der Waals surface area (Å²) in [5.41, 5.74) is 3.74. The molecule has 0 bridgehead atoms. The highest BCUT2D eigenvalue weighted by atomic mass is 16.6. The fraction of sp³-hybridized carbons (Fsp3) is 0.192. The molecule has 18 heteroatoms. The first-order valence-corrected chi connectivity index (χ1v) is 21.7. The van der Waals surface area contributed by atoms with E-state index in [-0.39, 0.29) is 51.9 Å². The Balaban J connectivity index is 0.000000208. The van der Waals surface area contributed by atoms with E-state index in [0.717, 1.165) is 33.8 Å². The Hall–Kier alpha value is -9.06. The SMILES string of the molecule is COc1ccc(CNC(=O)c2cc3c(=O)n(Cc4ccc(C(=O)O)cc4)cnc3cn2)cc1.COc1ccc(CNC(=O)c2cc3c(=O)n(Cc4ccc(C(=O)OC(C)(C)C)cc4)cnc3cn2)cc1. The van der Waals surface area contributed by atoms with Crippen LogP contribution in [0.1, 0.15) is 84.7 Å². The van der Waals surface area contributed by atoms with Crippen LogP contribution in [0.3, 0.4) is 0 Å². The first-order valence-electron chi connectivity index (χ1n) is 21.7. The van der Waals surface area contributed by atoms with Crippen molar-refractivity contribution in [2.75, 3.05) is 14.2 Å². The standard InChI is InChI=1S/C28H28N4O5.C24H20N4O5/c1-28(2,3)37-27(35)20-9-5-19(6-10-20)16-32-17-31-24-15-29-23(13-22(24)26(32)34)25(33)30-14-18-7-11-21(36-4)12-8-18;1-33-18-8-4-15(5-9-18)11-26-22(29)20-10-19-21(12-25-20)27-14-28(23(19)30)13-16-2-6-17(7-3-16)24(31)32/h5-13,15,17H,14,16H2,1-4H3,(H,30,33);2-10,12,14H,11,13H2,1H3,(H,26,29)(H,31,32). The van der Waals surface area contributed by atoms with Crippen LogP contribution in [0.15, 0.2) is 144 Å². The Labute approximate surface area is 400 Å². The zero-order chi connectivity index (χ0) is 50.0. The van der Waals surface area contributed by atoms with Gasteiger partial charge >= 0.3 is 11.9 Å². The van der Waals surface area contributed by atoms with Crippen molar-refractivity contribution >= 4 is 45.6 Å². The van der Waals surface area contributed by atoms with Crippen molar-refractivity contribution in [2.24, 2.45) is 0 Å². The number of hydrogen-bond acceptors (Lipinski definition) is 13. The van der Waals surface area contributed by atoms with Gasteiger partial charge in [-0.05, 0) is 104 Å². The summed E-state index contributed by atoms with van der Waals surface area (Å²) in [6.45, 7) is 6.49. The fourth-order valence-corrected chi connectivity index (χ4v) is 6.86. The van der Waals surface area contributed by atoms with Gasteiger partial charge in [-0.15, -0.1) is 0 Å². The lowest BCUT2D eigenvalue weighted by atomic mass is 10.1. The third-order valence-electron chi connectivity index (χ3n) is 10.6. The van der Waals surface area contributed by atoms with E-state index in [9.17, 15) is 28.8 Å². The maximum absolute atomic E-state index is 13.2. The molecule has 0 unspecified atom stereocenters. The smallest absolute Gasteiger partial charge is 0.338 e. The minimum atomic E-state index is -1.02. The number of carbonyl (C=O) groups is 4. The van der Waals surface area contributed by atoms with Gasteiger partial charge in [0.15, 0.2) is 0 Å². The van der Waals surface area contributed by atoms with Crippen molar-refractivity contribution in [1.29, 1.82) is 0 Å². The minimum Gasteiger partial charge on any atom is -0.497 e. The molecular formula is C52H48N8O10. The van der Waals surface area contributed by atoms with E-state index < -0.39 is 29.4 Å². The summed E-state index contributed by atoms with van der Waals surface area (Å²) in [6.07, 6.45) is 5.66. The molecule has 0 spiro atoms. The highest BCUT2D eigenvalue weighted by Gasteiger charge is 2.18. The molecule has 4 aromatic carbocycles. The number of aromatic carboxylic acids is 1. The number of ether oxygens (including phenoxy) is 3. The highest BCUT2D eigenvalue weighted by molar-refractivity contribution is 5.96. The molecule has 0 aliphatic heterocycles. The second-order valence-corrected chi connectivity index (χ2v) is 16.8. The number of rotatable bonds is 14. The number of pyridine rings is 2. The lowest BCUT2D eigenvalue weighted by Crippen LogP contribution is -2.25. The second-order valence-electron chi connectivity index (χ2n) is 16.8. The fourth-order valence-electron chi connectivity index (χ4n) is 6.86. The first kappa shape index (κ1) is 48.9. The molecule has 3 N–H and O–H groups in total. The first-order chi connectivity index (χ1) is 33.6. The van der Waals surface area contributed by atoms with Gasteiger partial charge in [-0.2, -0.15) is 0 Å². The summed E-state index contributed by atoms with van der Waals surface area (Å²) in [7, 11) is 3.17. The van der Waals surface area contributed by atoms with E-state index in [2.05, 4.69) is 30.6 Å². The average Bonchev–Trinajstić information content (AvgIpc) is 3.36. The number of esters is 1. The molecule has 0 atom stereocenters. The molecular weight excluding hydrogens is 897 g/mol. The summed E-state index contributed by atoms with van der Waals surface area (Å²) >= 11 is 0. The number of nitrogens with one attached hydrogen (secondary N) is 2. The van der Waals surface area contributed by atoms with Gasteiger partial charge < -0.3 is 30.0 Å². The van der Waals surface area contributed by atoms with Crippen LogP contribution in [0.2, 0.25) is 0 Å². The number of carboxylic acids is 1. The third-order valence-corrected chi connectivity index (χ3v) is 10.6. The molecule has 0 saturated heterocycles. The van der Waals surface area contributed by atoms with Crippen LogP contribution in [-0.4, -0.2) is 77.8 Å². The van der Waals surface area contributed by atoms with Crippen molar-refractivity contribution in [3.63, 3.8) is 0 Å². The van der Waals surface area contributed by atoms with E-state index in [1.807, 2.05) is 57.2 Å². The van der Waals surface area contributed by atoms with E-state index >= 15 is 0 Å². The second kappa shape index (κ2) is 21.7. The molecule has 356 valence electrons. The Morgan fingerprint density at radius 3 is 1.31 bits per heavy atom. The topological polar surface area (TPSA) is 236 Å². The molecule has 4 heterocycles. The zero-order valence-electron chi connectivity index (χ0n) is 38.8. The molecule has 8 aromatic rings. The molecule has 4 aromatic heterocycles. The number of aromatic nitrogens is 6. The van der Waals surface area contributed by atoms with Crippen molar-refractivity contribution in [3.05, 3.63) is 200 Å². The number of benzene rings is 4. The maximum atomic E-state index is 13.2. The Morgan fingerprint density at radius 1 is 0.557 bits per heavy atom. The number of amides is 2. The van der Waals surface area contributed by atoms with Crippen LogP contribution in [0.25, 0.3) is 21.8 Å². The van der Waals surface area contributed by atoms with Crippen molar-refractivity contribution in [2.45, 2.75) is 52.6 Å². The van der Waals surface area contributed by atoms with Gasteiger partial charge in [-0.25, -0.2) is 29.5 Å². The summed E-state index contributed by atoms with van der Waals surface area (Å²) in [5.74, 6) is -0.778. The van der Waals surface area contributed by atoms with Gasteiger partial charge in [0.2, 0.25) is 0 Å². The number of methoxy groups -OCH3 is 2. The van der Waals surface area contributed by atoms with Crippen LogP contribution in [0.5, 0.6) is 11.5 Å². The summed E-state index contributed by atoms with van der Waals surface area (Å²) in [6, 6.07) is 30.6. The van der Waals surface area contributed by atoms with Crippen LogP contribution in [0.4, 0.5) is 0 Å². The number of fused-ring (bicyclic) bond motifs is 2. The van der Waals surface area contributed by atoms with Gasteiger partial charge in [0, 0.05) is 13.1 Å². The lowest BCUT2D eigenvalue weighted by Gasteiger charge is -2.19. The summed E-state index contributed by atoms with van der Waals surface area (Å²) in [5, 5.41) is 15.2. The van der Waals surface area contributed by atoms with Crippen molar-refractivity contribution < 1.29 is 38.5 Å². The molecule has 70 heavy (non-hydrogen) atoms. The molecule has 18 nitrogen and oxygen atoms in total. The van der Waals surface area contributed by atoms with Gasteiger partial charge in [0.05, 0.1) is 85.3 Å². The zero-order valence-corrected chi connectivity index (χ0v) is 38.8. The Morgan fingerprint density at radius 2 is 0.943 bits per heavy atom. The summed E-state index contributed by atoms with van der Waals surface area (Å²) < 4.78 is 18.5. The largest absolute Gasteiger partial charge is 0.497 e. The van der Waals surface area contributed by atoms with Crippen LogP contribution >= 0.6 is 0 Å². The number of carboxylic acid groups (broad SMARTS) is 1. The van der Waals surface area contributed by atoms with Crippen LogP contribution in [-0.2, 0) is 30.9 Å². The van der Waals surface area contributed by atoms with Gasteiger partial charge in [-0.3, -0.25) is 28.3 Å². The van der Waals surface area contributed by atoms with E-state index in [4.69, 9.17) is 19.3 Å². The molecule has 2 amide bonds. The van der Waals surface area contributed by atoms with Crippen molar-refractivity contribution in [3.8, 4) is 11.5 Å². The van der Waals surface area contributed by atoms with Gasteiger partial charge in [0.25, 0.3) is 22.9 Å². The third kappa shape index (κ3) is 12.5. The van der Waals surface area contributed by atoms with E-state index in [0.29, 0.717) is 29.7 Å². The minimum absolute atomic E-state index is 0.110. The number of hydrogen-bond donors (Lipinski definition) is 3. The average molecular weight is 945 g/mol. The number of nitrogens with zero attached hydrogens (tertiary/aromatic N) is 6. The molecule has 0 saturated carbocycles. The molecule has 0 fully saturated rings. The molecule has 8 rings (SSSR count). The van der Waals surface area contributed by atoms with Crippen molar-refractivity contribution in [1.82, 2.24) is 39.7 Å². The van der Waals surface area contributed by atoms with Gasteiger partial charge in [0.1, 0.15) is 28.5 Å². The molecule has 0 radical (unpaired) electrons. The predicted octanol–water partition coefficient (Wildman–Crippen LogP) is 6.21. The number of carbonyl (C=O) groups excluding carboxylic acids is 3. The lowest BCUT2D eigenvalue weighted by molar-refractivity contribution is 0.00690. The quantitative estimate of drug-likeness (QED) is 0.103. The van der Waals surface area contributed by atoms with E-state index in [1.54, 1.807) is 62.8 Å². The van der Waals surface area contributed by atoms with E-state index in [1.165, 1.54) is 58.4 Å². The Kier molecular flexibility index (Phi) is 15.2. The highest BCUT2D eigenvalue weighted by Crippen LogP contribution is 2.16. The van der Waals surface area contributed by atoms with Crippen LogP contribution < -0.4 is 31.2 Å². The molecule has 0 aliphatic carbocycles.